The number of nitrogens with zero attached hydrogens (tertiary/aromatic N) is 1. The Balaban J connectivity index is 1.60. The molecule has 0 atom stereocenters. The number of methoxy groups -OCH3 is 1. The van der Waals surface area contributed by atoms with E-state index < -0.39 is 45.6 Å². The summed E-state index contributed by atoms with van der Waals surface area (Å²) in [5.74, 6) is -10.4. The summed E-state index contributed by atoms with van der Waals surface area (Å²) in [6.45, 7) is 1.63. The summed E-state index contributed by atoms with van der Waals surface area (Å²) in [5.41, 5.74) is 0.401. The van der Waals surface area contributed by atoms with Crippen LogP contribution in [0.3, 0.4) is 0 Å². The number of anilines is 1. The number of aromatic nitrogens is 1. The highest BCUT2D eigenvalue weighted by Crippen LogP contribution is 2.39. The highest BCUT2D eigenvalue weighted by Gasteiger charge is 2.30. The first-order valence-corrected chi connectivity index (χ1v) is 11.1. The number of aromatic hydroxyl groups is 1. The SMILES string of the molecule is COc1c(F)c(F)c(C(=O)NC(=S)Nc2cc(C)c(O)c(-c3nc4ccccc4s3)c2)c(F)c1F. The lowest BCUT2D eigenvalue weighted by Crippen LogP contribution is -2.35. The van der Waals surface area contributed by atoms with Gasteiger partial charge in [0.1, 0.15) is 16.3 Å². The molecule has 0 aliphatic carbocycles. The summed E-state index contributed by atoms with van der Waals surface area (Å²) in [4.78, 5) is 16.9. The third-order valence-electron chi connectivity index (χ3n) is 4.96. The van der Waals surface area contributed by atoms with Gasteiger partial charge in [0.05, 0.1) is 22.9 Å². The van der Waals surface area contributed by atoms with E-state index in [-0.39, 0.29) is 5.75 Å². The van der Waals surface area contributed by atoms with Crippen LogP contribution >= 0.6 is 23.6 Å². The quantitative estimate of drug-likeness (QED) is 0.139. The number of phenols is 1. The molecular formula is C23H15F4N3O3S2. The van der Waals surface area contributed by atoms with Gasteiger partial charge in [0.15, 0.2) is 22.5 Å². The van der Waals surface area contributed by atoms with Crippen LogP contribution in [0, 0.1) is 30.2 Å². The number of hydrogen-bond donors (Lipinski definition) is 3. The number of benzene rings is 3. The second kappa shape index (κ2) is 9.47. The summed E-state index contributed by atoms with van der Waals surface area (Å²) in [7, 11) is 0.821. The van der Waals surface area contributed by atoms with Crippen LogP contribution in [0.25, 0.3) is 20.8 Å². The predicted molar refractivity (Wildman–Crippen MR) is 128 cm³/mol. The van der Waals surface area contributed by atoms with Crippen molar-refractivity contribution in [2.75, 3.05) is 12.4 Å². The minimum absolute atomic E-state index is 0.0158. The summed E-state index contributed by atoms with van der Waals surface area (Å²) in [5, 5.41) is 15.3. The highest BCUT2D eigenvalue weighted by atomic mass is 32.1. The second-order valence-electron chi connectivity index (χ2n) is 7.25. The molecule has 12 heteroatoms. The number of ether oxygens (including phenoxy) is 1. The first-order chi connectivity index (χ1) is 16.6. The van der Waals surface area contributed by atoms with Gasteiger partial charge in [-0.15, -0.1) is 11.3 Å². The minimum Gasteiger partial charge on any atom is -0.507 e. The van der Waals surface area contributed by atoms with Crippen molar-refractivity contribution in [1.82, 2.24) is 10.3 Å². The van der Waals surface area contributed by atoms with E-state index in [0.717, 1.165) is 17.3 Å². The molecule has 1 heterocycles. The zero-order valence-corrected chi connectivity index (χ0v) is 19.6. The van der Waals surface area contributed by atoms with E-state index in [0.29, 0.717) is 21.8 Å². The van der Waals surface area contributed by atoms with Gasteiger partial charge in [0.2, 0.25) is 11.6 Å². The van der Waals surface area contributed by atoms with E-state index in [1.54, 1.807) is 6.92 Å². The van der Waals surface area contributed by atoms with Gasteiger partial charge < -0.3 is 15.2 Å². The Morgan fingerprint density at radius 2 is 1.74 bits per heavy atom. The fourth-order valence-corrected chi connectivity index (χ4v) is 4.51. The number of thiocarbonyl (C=S) groups is 1. The number of carbonyl (C=O) groups excluding carboxylic acids is 1. The van der Waals surface area contributed by atoms with Crippen molar-refractivity contribution < 1.29 is 32.2 Å². The molecule has 0 bridgehead atoms. The third kappa shape index (κ3) is 4.49. The molecule has 0 radical (unpaired) electrons. The number of nitrogens with one attached hydrogen (secondary N) is 2. The van der Waals surface area contributed by atoms with Crippen LogP contribution in [0.4, 0.5) is 23.2 Å². The van der Waals surface area contributed by atoms with E-state index in [1.807, 2.05) is 29.6 Å². The Kier molecular flexibility index (Phi) is 6.59. The molecular weight excluding hydrogens is 506 g/mol. The molecule has 1 aromatic heterocycles. The van der Waals surface area contributed by atoms with Crippen LogP contribution in [-0.4, -0.2) is 28.2 Å². The molecule has 3 N–H and O–H groups in total. The first kappa shape index (κ1) is 24.4. The Bertz CT molecular complexity index is 1450. The minimum atomic E-state index is -1.93. The Labute approximate surface area is 205 Å². The number of thiazole rings is 1. The molecule has 0 saturated carbocycles. The van der Waals surface area contributed by atoms with Crippen molar-refractivity contribution in [3.8, 4) is 22.1 Å². The zero-order valence-electron chi connectivity index (χ0n) is 18.0. The maximum atomic E-state index is 14.2. The fourth-order valence-electron chi connectivity index (χ4n) is 3.32. The van der Waals surface area contributed by atoms with Gasteiger partial charge >= 0.3 is 0 Å². The smallest absolute Gasteiger partial charge is 0.263 e. The molecule has 6 nitrogen and oxygen atoms in total. The van der Waals surface area contributed by atoms with Crippen molar-refractivity contribution in [3.63, 3.8) is 0 Å². The molecule has 0 aliphatic rings. The number of halogens is 4. The van der Waals surface area contributed by atoms with Gasteiger partial charge in [-0.3, -0.25) is 10.1 Å². The summed E-state index contributed by atoms with van der Waals surface area (Å²) in [6.07, 6.45) is 0. The Morgan fingerprint density at radius 3 is 2.37 bits per heavy atom. The molecule has 0 saturated heterocycles. The van der Waals surface area contributed by atoms with Crippen molar-refractivity contribution in [2.45, 2.75) is 6.92 Å². The summed E-state index contributed by atoms with van der Waals surface area (Å²) in [6, 6.07) is 10.4. The molecule has 0 fully saturated rings. The number of rotatable bonds is 4. The number of para-hydroxylation sites is 1. The summed E-state index contributed by atoms with van der Waals surface area (Å²) >= 11 is 6.38. The van der Waals surface area contributed by atoms with Crippen molar-refractivity contribution in [3.05, 3.63) is 70.8 Å². The maximum absolute atomic E-state index is 14.2. The number of phenolic OH excluding ortho intramolecular Hbond substituents is 1. The molecule has 4 rings (SSSR count). The van der Waals surface area contributed by atoms with E-state index in [1.165, 1.54) is 23.5 Å². The van der Waals surface area contributed by atoms with Gasteiger partial charge in [0, 0.05) is 5.69 Å². The average molecular weight is 522 g/mol. The van der Waals surface area contributed by atoms with Crippen LogP contribution in [0.2, 0.25) is 0 Å². The maximum Gasteiger partial charge on any atom is 0.263 e. The molecule has 180 valence electrons. The van der Waals surface area contributed by atoms with Crippen LogP contribution < -0.4 is 15.4 Å². The number of hydrogen-bond acceptors (Lipinski definition) is 6. The zero-order chi connectivity index (χ0) is 25.4. The standard InChI is InChI=1S/C23H15F4N3O3S2/c1-9-7-10(8-11(19(9)31)22-29-12-5-3-4-6-13(12)35-22)28-23(34)30-21(32)14-15(24)17(26)20(33-2)18(27)16(14)25/h3-8,31H,1-2H3,(H2,28,30,32,34). The number of amides is 1. The molecule has 0 spiro atoms. The van der Waals surface area contributed by atoms with Crippen LogP contribution in [0.1, 0.15) is 15.9 Å². The molecule has 1 amide bonds. The lowest BCUT2D eigenvalue weighted by molar-refractivity contribution is 0.0966. The molecule has 35 heavy (non-hydrogen) atoms. The number of carbonyl (C=O) groups is 1. The van der Waals surface area contributed by atoms with E-state index >= 15 is 0 Å². The molecule has 0 aliphatic heterocycles. The van der Waals surface area contributed by atoms with Crippen LogP contribution in [0.5, 0.6) is 11.5 Å². The van der Waals surface area contributed by atoms with Crippen molar-refractivity contribution in [2.24, 2.45) is 0 Å². The van der Waals surface area contributed by atoms with Crippen molar-refractivity contribution >= 4 is 50.5 Å². The lowest BCUT2D eigenvalue weighted by atomic mass is 10.1. The molecule has 0 unspecified atom stereocenters. The first-order valence-electron chi connectivity index (χ1n) is 9.84. The van der Waals surface area contributed by atoms with Gasteiger partial charge in [-0.2, -0.15) is 8.78 Å². The number of fused-ring (bicyclic) bond motifs is 1. The number of aryl methyl sites for hydroxylation is 1. The van der Waals surface area contributed by atoms with Gasteiger partial charge in [0.25, 0.3) is 5.91 Å². The van der Waals surface area contributed by atoms with E-state index in [2.05, 4.69) is 15.0 Å². The average Bonchev–Trinajstić information content (AvgIpc) is 3.24. The Hall–Kier alpha value is -3.77. The third-order valence-corrected chi connectivity index (χ3v) is 6.24. The molecule has 3 aromatic carbocycles. The van der Waals surface area contributed by atoms with Gasteiger partial charge in [-0.05, 0) is 49.0 Å². The summed E-state index contributed by atoms with van der Waals surface area (Å²) < 4.78 is 61.5. The Morgan fingerprint density at radius 1 is 1.09 bits per heavy atom. The van der Waals surface area contributed by atoms with Crippen molar-refractivity contribution in [1.29, 1.82) is 0 Å². The lowest BCUT2D eigenvalue weighted by Gasteiger charge is -2.14. The topological polar surface area (TPSA) is 83.5 Å². The predicted octanol–water partition coefficient (Wildman–Crippen LogP) is 5.67. The normalized spacial score (nSPS) is 10.9. The molecule has 4 aromatic rings. The largest absolute Gasteiger partial charge is 0.507 e. The van der Waals surface area contributed by atoms with E-state index in [4.69, 9.17) is 12.2 Å². The van der Waals surface area contributed by atoms with E-state index in [9.17, 15) is 27.5 Å². The fraction of sp³-hybridized carbons (Fsp3) is 0.0870. The monoisotopic (exact) mass is 521 g/mol. The van der Waals surface area contributed by atoms with Crippen LogP contribution in [0.15, 0.2) is 36.4 Å². The highest BCUT2D eigenvalue weighted by molar-refractivity contribution is 7.80. The van der Waals surface area contributed by atoms with Gasteiger partial charge in [-0.1, -0.05) is 12.1 Å². The van der Waals surface area contributed by atoms with Crippen LogP contribution in [-0.2, 0) is 0 Å². The van der Waals surface area contributed by atoms with Gasteiger partial charge in [-0.25, -0.2) is 13.8 Å². The second-order valence-corrected chi connectivity index (χ2v) is 8.69.